The van der Waals surface area contributed by atoms with E-state index in [0.29, 0.717) is 5.39 Å². The van der Waals surface area contributed by atoms with Crippen molar-refractivity contribution in [1.29, 1.82) is 0 Å². The van der Waals surface area contributed by atoms with Crippen molar-refractivity contribution in [2.75, 3.05) is 24.7 Å². The number of aliphatic hydroxyl groups is 2. The van der Waals surface area contributed by atoms with Crippen molar-refractivity contribution < 1.29 is 56.7 Å². The molecule has 9 N–H and O–H groups in total. The highest BCUT2D eigenvalue weighted by atomic mass is 31.2. The first-order valence-corrected chi connectivity index (χ1v) is 16.1. The van der Waals surface area contributed by atoms with Gasteiger partial charge in [0.1, 0.15) is 54.4 Å². The second kappa shape index (κ2) is 10.9. The van der Waals surface area contributed by atoms with Crippen LogP contribution in [0.25, 0.3) is 22.2 Å². The first-order valence-electron chi connectivity index (χ1n) is 13.1. The third kappa shape index (κ3) is 5.33. The fourth-order valence-corrected chi connectivity index (χ4v) is 7.33. The summed E-state index contributed by atoms with van der Waals surface area (Å²) in [6.45, 7) is -1.62. The van der Waals surface area contributed by atoms with Crippen molar-refractivity contribution in [1.82, 2.24) is 34.1 Å². The SMILES string of the molecule is Nc1nc2c(ncn2[C@@H]2O[C@@H]3COP(=O)(O)OC4[C@@H](COP(=O)(O)OC2C3O)O[C@@H](n2ccc3c(N)ncnc32)[C@H]4O)c(=O)[nH]1. The summed E-state index contributed by atoms with van der Waals surface area (Å²) in [4.78, 5) is 51.8. The Morgan fingerprint density at radius 3 is 2.33 bits per heavy atom. The molecule has 3 aliphatic rings. The van der Waals surface area contributed by atoms with Crippen LogP contribution in [0.15, 0.2) is 29.7 Å². The molecular weight excluding hydrogens is 648 g/mol. The van der Waals surface area contributed by atoms with Crippen LogP contribution in [0.2, 0.25) is 0 Å². The van der Waals surface area contributed by atoms with Crippen LogP contribution in [-0.4, -0.2) is 104 Å². The second-order valence-corrected chi connectivity index (χ2v) is 13.1. The number of nitrogens with two attached hydrogens (primary N) is 2. The Kier molecular flexibility index (Phi) is 7.32. The number of nitrogen functional groups attached to an aromatic ring is 2. The zero-order chi connectivity index (χ0) is 31.8. The number of hydrogen-bond donors (Lipinski definition) is 7. The molecule has 3 saturated heterocycles. The van der Waals surface area contributed by atoms with E-state index in [1.165, 1.54) is 17.1 Å². The van der Waals surface area contributed by atoms with Gasteiger partial charge in [0.05, 0.1) is 24.9 Å². The average molecular weight is 673 g/mol. The van der Waals surface area contributed by atoms with Crippen molar-refractivity contribution in [2.24, 2.45) is 0 Å². The van der Waals surface area contributed by atoms with Crippen LogP contribution in [0.5, 0.6) is 0 Å². The van der Waals surface area contributed by atoms with Gasteiger partial charge in [-0.2, -0.15) is 4.98 Å². The number of aliphatic hydroxyl groups excluding tert-OH is 2. The minimum atomic E-state index is -5.10. The van der Waals surface area contributed by atoms with E-state index in [9.17, 15) is 33.9 Å². The van der Waals surface area contributed by atoms with Crippen LogP contribution in [0.3, 0.4) is 0 Å². The van der Waals surface area contributed by atoms with Crippen molar-refractivity contribution in [3.8, 4) is 0 Å². The normalized spacial score (nSPS) is 37.7. The number of ether oxygens (including phenoxy) is 2. The van der Waals surface area contributed by atoms with E-state index in [1.54, 1.807) is 6.07 Å². The van der Waals surface area contributed by atoms with Crippen LogP contribution in [0.4, 0.5) is 11.8 Å². The molecule has 0 amide bonds. The van der Waals surface area contributed by atoms with Gasteiger partial charge in [-0.05, 0) is 6.07 Å². The first kappa shape index (κ1) is 30.3. The molecule has 0 aromatic carbocycles. The average Bonchev–Trinajstić information content (AvgIpc) is 3.72. The maximum Gasteiger partial charge on any atom is 0.472 e. The lowest BCUT2D eigenvalue weighted by Crippen LogP contribution is -2.36. The molecule has 7 heterocycles. The zero-order valence-corrected chi connectivity index (χ0v) is 24.3. The number of anilines is 2. The second-order valence-electron chi connectivity index (χ2n) is 10.3. The summed E-state index contributed by atoms with van der Waals surface area (Å²) < 4.78 is 61.3. The first-order chi connectivity index (χ1) is 21.3. The highest BCUT2D eigenvalue weighted by Crippen LogP contribution is 2.53. The molecule has 0 radical (unpaired) electrons. The lowest BCUT2D eigenvalue weighted by molar-refractivity contribution is -0.0671. The van der Waals surface area contributed by atoms with Crippen molar-refractivity contribution in [2.45, 2.75) is 49.1 Å². The molecule has 3 fully saturated rings. The molecule has 7 rings (SSSR count). The topological polar surface area (TPSA) is 317 Å². The van der Waals surface area contributed by atoms with E-state index in [-0.39, 0.29) is 28.6 Å². The predicted molar refractivity (Wildman–Crippen MR) is 146 cm³/mol. The smallest absolute Gasteiger partial charge is 0.387 e. The Morgan fingerprint density at radius 2 is 1.58 bits per heavy atom. The third-order valence-electron chi connectivity index (χ3n) is 7.47. The highest BCUT2D eigenvalue weighted by molar-refractivity contribution is 7.47. The van der Waals surface area contributed by atoms with Gasteiger partial charge in [-0.25, -0.2) is 24.1 Å². The maximum absolute atomic E-state index is 13.2. The number of aromatic amines is 1. The summed E-state index contributed by atoms with van der Waals surface area (Å²) in [5.41, 5.74) is 10.8. The van der Waals surface area contributed by atoms with E-state index in [1.807, 2.05) is 0 Å². The van der Waals surface area contributed by atoms with Crippen molar-refractivity contribution in [3.63, 3.8) is 0 Å². The quantitative estimate of drug-likeness (QED) is 0.116. The molecule has 2 bridgehead atoms. The van der Waals surface area contributed by atoms with Crippen LogP contribution in [-0.2, 0) is 36.7 Å². The minimum Gasteiger partial charge on any atom is -0.387 e. The number of hydrogen-bond acceptors (Lipinski definition) is 17. The Balaban J connectivity index is 1.21. The molecule has 0 aliphatic carbocycles. The number of imidazole rings is 1. The van der Waals surface area contributed by atoms with Crippen molar-refractivity contribution >= 4 is 49.6 Å². The summed E-state index contributed by atoms with van der Waals surface area (Å²) in [6, 6.07) is 1.56. The Labute approximate surface area is 249 Å². The van der Waals surface area contributed by atoms with E-state index >= 15 is 0 Å². The Morgan fingerprint density at radius 1 is 0.889 bits per heavy atom. The molecule has 4 aromatic rings. The van der Waals surface area contributed by atoms with Gasteiger partial charge in [0.25, 0.3) is 5.56 Å². The summed E-state index contributed by atoms with van der Waals surface area (Å²) in [7, 11) is -10.2. The van der Waals surface area contributed by atoms with Gasteiger partial charge in [-0.3, -0.25) is 32.4 Å². The van der Waals surface area contributed by atoms with E-state index in [2.05, 4.69) is 24.9 Å². The molecule has 5 unspecified atom stereocenters. The molecule has 3 aliphatic heterocycles. The van der Waals surface area contributed by atoms with Crippen LogP contribution >= 0.6 is 15.6 Å². The predicted octanol–water partition coefficient (Wildman–Crippen LogP) is -1.74. The number of phosphoric ester groups is 2. The van der Waals surface area contributed by atoms with Gasteiger partial charge >= 0.3 is 15.6 Å². The number of rotatable bonds is 2. The molecule has 242 valence electrons. The molecule has 4 aromatic heterocycles. The fourth-order valence-electron chi connectivity index (χ4n) is 5.44. The number of nitrogens with one attached hydrogen (secondary N) is 1. The highest BCUT2D eigenvalue weighted by Gasteiger charge is 2.53. The van der Waals surface area contributed by atoms with E-state index < -0.39 is 83.5 Å². The summed E-state index contributed by atoms with van der Waals surface area (Å²) in [5.74, 6) is -0.135. The molecular formula is C21H25N9O13P2. The lowest BCUT2D eigenvalue weighted by atomic mass is 10.1. The van der Waals surface area contributed by atoms with Crippen molar-refractivity contribution in [3.05, 3.63) is 35.3 Å². The number of aromatic nitrogens is 7. The number of phosphoric acid groups is 2. The number of fused-ring (bicyclic) bond motifs is 5. The summed E-state index contributed by atoms with van der Waals surface area (Å²) in [5, 5.41) is 22.6. The lowest BCUT2D eigenvalue weighted by Gasteiger charge is -2.25. The van der Waals surface area contributed by atoms with Crippen LogP contribution in [0, 0.1) is 0 Å². The number of H-pyrrole nitrogens is 1. The zero-order valence-electron chi connectivity index (χ0n) is 22.5. The van der Waals surface area contributed by atoms with E-state index in [0.717, 1.165) is 10.9 Å². The van der Waals surface area contributed by atoms with Gasteiger partial charge in [0.15, 0.2) is 23.6 Å². The molecule has 0 saturated carbocycles. The van der Waals surface area contributed by atoms with Gasteiger partial charge in [-0.15, -0.1) is 0 Å². The largest absolute Gasteiger partial charge is 0.472 e. The monoisotopic (exact) mass is 673 g/mol. The fraction of sp³-hybridized carbons (Fsp3) is 0.476. The molecule has 45 heavy (non-hydrogen) atoms. The molecule has 22 nitrogen and oxygen atoms in total. The van der Waals surface area contributed by atoms with Crippen LogP contribution < -0.4 is 17.0 Å². The standard InChI is InChI=1S/C21H25N9O13P2/c22-15-7-1-2-29(16(7)25-5-24-15)19-12(32)13-9(41-19)4-39-45(36,37)43-14-11(31)8(3-38-44(34,35)42-13)40-20(14)30-6-26-10-17(30)27-21(23)28-18(10)33/h1-2,5-6,8-9,11-14,19-20,31-32H,3-4H2,(H,34,35)(H,36,37)(H2,22,24,25)(H3,23,27,28,33)/t8-,9-,11?,12+,13?,14?,19-,20-/m1/s1. The maximum atomic E-state index is 13.2. The number of nitrogens with zero attached hydrogens (tertiary/aromatic N) is 6. The molecule has 24 heteroatoms. The van der Waals surface area contributed by atoms with Crippen LogP contribution in [0.1, 0.15) is 12.5 Å². The van der Waals surface area contributed by atoms with Gasteiger partial charge in [0, 0.05) is 6.20 Å². The molecule has 10 atom stereocenters. The van der Waals surface area contributed by atoms with Gasteiger partial charge in [0.2, 0.25) is 5.95 Å². The summed E-state index contributed by atoms with van der Waals surface area (Å²) in [6.07, 6.45) is -8.73. The minimum absolute atomic E-state index is 0.124. The van der Waals surface area contributed by atoms with Gasteiger partial charge in [-0.1, -0.05) is 0 Å². The summed E-state index contributed by atoms with van der Waals surface area (Å²) >= 11 is 0. The Bertz CT molecular complexity index is 1930. The third-order valence-corrected chi connectivity index (χ3v) is 9.45. The van der Waals surface area contributed by atoms with Gasteiger partial charge < -0.3 is 45.5 Å². The molecule has 0 spiro atoms. The van der Waals surface area contributed by atoms with E-state index in [4.69, 9.17) is 39.0 Å². The Hall–Kier alpha value is -3.37.